The van der Waals surface area contributed by atoms with E-state index in [-0.39, 0.29) is 0 Å². The van der Waals surface area contributed by atoms with E-state index in [0.717, 1.165) is 23.1 Å². The molecule has 27 heavy (non-hydrogen) atoms. The molecular weight excluding hydrogens is 443 g/mol. The molecule has 3 aromatic rings. The first-order valence-corrected chi connectivity index (χ1v) is 10.6. The summed E-state index contributed by atoms with van der Waals surface area (Å²) < 4.78 is 8.35. The monoisotopic (exact) mass is 466 g/mol. The van der Waals surface area contributed by atoms with Crippen LogP contribution < -0.4 is 0 Å². The minimum atomic E-state index is -0.615. The van der Waals surface area contributed by atoms with Crippen molar-refractivity contribution < 1.29 is 4.74 Å². The fourth-order valence-electron chi connectivity index (χ4n) is 3.88. The lowest BCUT2D eigenvalue weighted by Crippen LogP contribution is -2.33. The fraction of sp³-hybridized carbons (Fsp3) is 0.200. The van der Waals surface area contributed by atoms with Gasteiger partial charge in [-0.3, -0.25) is 0 Å². The molecule has 1 aliphatic carbocycles. The lowest BCUT2D eigenvalue weighted by Gasteiger charge is -2.36. The van der Waals surface area contributed by atoms with Crippen LogP contribution in [0.3, 0.4) is 0 Å². The molecule has 136 valence electrons. The van der Waals surface area contributed by atoms with Crippen LogP contribution in [0.15, 0.2) is 100 Å². The van der Waals surface area contributed by atoms with Crippen LogP contribution in [0.4, 0.5) is 0 Å². The highest BCUT2D eigenvalue weighted by atomic mass is 127. The van der Waals surface area contributed by atoms with Crippen molar-refractivity contribution in [2.24, 2.45) is 0 Å². The van der Waals surface area contributed by atoms with Gasteiger partial charge < -0.3 is 4.74 Å². The summed E-state index contributed by atoms with van der Waals surface area (Å²) in [4.78, 5) is 0. The zero-order valence-corrected chi connectivity index (χ0v) is 17.4. The van der Waals surface area contributed by atoms with Gasteiger partial charge in [0.15, 0.2) is 0 Å². The number of allylic oxidation sites excluding steroid dienone is 1. The van der Waals surface area contributed by atoms with Crippen molar-refractivity contribution in [2.75, 3.05) is 6.61 Å². The van der Waals surface area contributed by atoms with Gasteiger partial charge in [-0.05, 0) is 67.7 Å². The molecule has 0 atom stereocenters. The Hall–Kier alpha value is -1.91. The van der Waals surface area contributed by atoms with Crippen LogP contribution in [0.2, 0.25) is 0 Å². The van der Waals surface area contributed by atoms with Gasteiger partial charge in [0.1, 0.15) is 5.60 Å². The van der Waals surface area contributed by atoms with Gasteiger partial charge in [-0.25, -0.2) is 0 Å². The number of rotatable bonds is 6. The largest absolute Gasteiger partial charge is 0.356 e. The summed E-state index contributed by atoms with van der Waals surface area (Å²) in [5, 5.41) is 0. The molecule has 0 amide bonds. The molecule has 4 rings (SSSR count). The number of hydrogen-bond donors (Lipinski definition) is 0. The van der Waals surface area contributed by atoms with E-state index in [4.69, 9.17) is 4.74 Å². The first-order valence-electron chi connectivity index (χ1n) is 9.47. The summed E-state index contributed by atoms with van der Waals surface area (Å²) in [6.45, 7) is 0.664. The second-order valence-corrected chi connectivity index (χ2v) is 8.23. The second-order valence-electron chi connectivity index (χ2n) is 6.93. The summed E-state index contributed by atoms with van der Waals surface area (Å²) in [6, 6.07) is 31.8. The Bertz CT molecular complexity index is 804. The first-order chi connectivity index (χ1) is 13.3. The normalized spacial score (nSPS) is 14.6. The Morgan fingerprint density at radius 3 is 1.48 bits per heavy atom. The number of halogens is 1. The molecule has 0 bridgehead atoms. The van der Waals surface area contributed by atoms with Crippen molar-refractivity contribution in [1.82, 2.24) is 0 Å². The summed E-state index contributed by atoms with van der Waals surface area (Å²) in [6.07, 6.45) is 3.58. The summed E-state index contributed by atoms with van der Waals surface area (Å²) in [5.41, 5.74) is 4.32. The number of hydrogen-bond acceptors (Lipinski definition) is 1. The fourth-order valence-corrected chi connectivity index (χ4v) is 4.69. The van der Waals surface area contributed by atoms with Gasteiger partial charge in [-0.1, -0.05) is 91.0 Å². The van der Waals surface area contributed by atoms with Crippen LogP contribution >= 0.6 is 22.6 Å². The zero-order valence-electron chi connectivity index (χ0n) is 15.3. The van der Waals surface area contributed by atoms with E-state index in [1.165, 1.54) is 22.0 Å². The Kier molecular flexibility index (Phi) is 5.74. The van der Waals surface area contributed by atoms with Crippen molar-refractivity contribution in [1.29, 1.82) is 0 Å². The lowest BCUT2D eigenvalue weighted by molar-refractivity contribution is 0.0270. The van der Waals surface area contributed by atoms with Crippen LogP contribution in [0.5, 0.6) is 0 Å². The summed E-state index contributed by atoms with van der Waals surface area (Å²) >= 11 is 2.49. The van der Waals surface area contributed by atoms with Crippen molar-refractivity contribution in [3.05, 3.63) is 117 Å². The van der Waals surface area contributed by atoms with Crippen molar-refractivity contribution in [3.8, 4) is 0 Å². The predicted octanol–water partition coefficient (Wildman–Crippen LogP) is 6.87. The van der Waals surface area contributed by atoms with E-state index < -0.39 is 5.60 Å². The maximum Gasteiger partial charge on any atom is 0.144 e. The highest BCUT2D eigenvalue weighted by Gasteiger charge is 2.37. The third-order valence-electron chi connectivity index (χ3n) is 5.26. The molecule has 2 heteroatoms. The van der Waals surface area contributed by atoms with E-state index >= 15 is 0 Å². The van der Waals surface area contributed by atoms with E-state index in [1.807, 2.05) is 0 Å². The van der Waals surface area contributed by atoms with Crippen molar-refractivity contribution in [3.63, 3.8) is 0 Å². The van der Waals surface area contributed by atoms with Gasteiger partial charge in [0.2, 0.25) is 0 Å². The first kappa shape index (κ1) is 18.5. The van der Waals surface area contributed by atoms with Gasteiger partial charge in [-0.15, -0.1) is 0 Å². The second kappa shape index (κ2) is 8.41. The molecule has 0 aromatic heterocycles. The minimum Gasteiger partial charge on any atom is -0.356 e. The Balaban J connectivity index is 1.88. The molecule has 0 spiro atoms. The number of ether oxygens (including phenoxy) is 1. The van der Waals surface area contributed by atoms with Gasteiger partial charge in [0.25, 0.3) is 0 Å². The highest BCUT2D eigenvalue weighted by Crippen LogP contribution is 2.42. The Morgan fingerprint density at radius 2 is 1.11 bits per heavy atom. The summed E-state index contributed by atoms with van der Waals surface area (Å²) in [7, 11) is 0. The van der Waals surface area contributed by atoms with Crippen LogP contribution in [-0.4, -0.2) is 6.61 Å². The van der Waals surface area contributed by atoms with E-state index in [9.17, 15) is 0 Å². The third kappa shape index (κ3) is 3.74. The molecular formula is C25H23IO. The molecule has 0 N–H and O–H groups in total. The maximum atomic E-state index is 6.88. The Morgan fingerprint density at radius 1 is 0.667 bits per heavy atom. The zero-order chi connectivity index (χ0) is 18.5. The van der Waals surface area contributed by atoms with Gasteiger partial charge in [0, 0.05) is 0 Å². The quantitative estimate of drug-likeness (QED) is 0.285. The van der Waals surface area contributed by atoms with Crippen LogP contribution in [-0.2, 0) is 10.3 Å². The van der Waals surface area contributed by atoms with E-state index in [2.05, 4.69) is 114 Å². The van der Waals surface area contributed by atoms with Gasteiger partial charge in [0.05, 0.1) is 6.61 Å². The molecule has 0 saturated heterocycles. The molecule has 3 aromatic carbocycles. The van der Waals surface area contributed by atoms with E-state index in [1.54, 1.807) is 0 Å². The maximum absolute atomic E-state index is 6.88. The SMILES string of the molecule is IC1=C(COC(c2ccccc2)(c2ccccc2)c2ccccc2)CCC1. The van der Waals surface area contributed by atoms with Crippen LogP contribution in [0, 0.1) is 0 Å². The standard InChI is InChI=1S/C25H23IO/c26-24-18-10-11-20(24)19-27-25(21-12-4-1-5-13-21,22-14-6-2-7-15-22)23-16-8-3-9-17-23/h1-9,12-17H,10-11,18-19H2. The lowest BCUT2D eigenvalue weighted by atomic mass is 9.80. The Labute approximate surface area is 175 Å². The predicted molar refractivity (Wildman–Crippen MR) is 120 cm³/mol. The average Bonchev–Trinajstić information content (AvgIpc) is 3.16. The molecule has 0 fully saturated rings. The summed E-state index contributed by atoms with van der Waals surface area (Å²) in [5.74, 6) is 0. The molecule has 1 nitrogen and oxygen atoms in total. The molecule has 0 radical (unpaired) electrons. The smallest absolute Gasteiger partial charge is 0.144 e. The van der Waals surface area contributed by atoms with Crippen molar-refractivity contribution in [2.45, 2.75) is 24.9 Å². The van der Waals surface area contributed by atoms with Crippen LogP contribution in [0.25, 0.3) is 0 Å². The van der Waals surface area contributed by atoms with Gasteiger partial charge >= 0.3 is 0 Å². The third-order valence-corrected chi connectivity index (χ3v) is 6.56. The van der Waals surface area contributed by atoms with Gasteiger partial charge in [-0.2, -0.15) is 0 Å². The van der Waals surface area contributed by atoms with Crippen LogP contribution in [0.1, 0.15) is 36.0 Å². The van der Waals surface area contributed by atoms with E-state index in [0.29, 0.717) is 6.61 Å². The molecule has 0 saturated carbocycles. The molecule has 0 aliphatic heterocycles. The molecule has 1 aliphatic rings. The molecule has 0 unspecified atom stereocenters. The average molecular weight is 466 g/mol. The number of benzene rings is 3. The minimum absolute atomic E-state index is 0.615. The topological polar surface area (TPSA) is 9.23 Å². The highest BCUT2D eigenvalue weighted by molar-refractivity contribution is 14.1. The molecule has 0 heterocycles. The van der Waals surface area contributed by atoms with Crippen molar-refractivity contribution >= 4 is 22.6 Å².